The first-order valence-electron chi connectivity index (χ1n) is 5.11. The number of aliphatic hydroxyl groups excluding tert-OH is 1. The molecule has 0 aromatic carbocycles. The highest BCUT2D eigenvalue weighted by molar-refractivity contribution is 5.75. The van der Waals surface area contributed by atoms with Gasteiger partial charge in [-0.25, -0.2) is 4.79 Å². The lowest BCUT2D eigenvalue weighted by Crippen LogP contribution is -2.38. The molecular weight excluding hydrogens is 212 g/mol. The molecule has 0 aliphatic carbocycles. The number of esters is 1. The van der Waals surface area contributed by atoms with Gasteiger partial charge in [-0.2, -0.15) is 0 Å². The topological polar surface area (TPSA) is 65.0 Å². The molecule has 0 saturated carbocycles. The van der Waals surface area contributed by atoms with E-state index in [0.717, 1.165) is 0 Å². The fraction of sp³-hybridized carbons (Fsp3) is 0.727. The minimum Gasteiger partial charge on any atom is -0.467 e. The van der Waals surface area contributed by atoms with Crippen molar-refractivity contribution in [3.05, 3.63) is 12.7 Å². The Labute approximate surface area is 95.0 Å². The predicted octanol–water partition coefficient (Wildman–Crippen LogP) is 0.474. The van der Waals surface area contributed by atoms with Crippen molar-refractivity contribution in [2.45, 2.75) is 31.8 Å². The molecule has 0 spiro atoms. The second-order valence-electron chi connectivity index (χ2n) is 4.15. The smallest absolute Gasteiger partial charge is 0.335 e. The number of aliphatic hydroxyl groups is 1. The number of hydrogen-bond donors (Lipinski definition) is 1. The number of carbonyl (C=O) groups is 1. The lowest BCUT2D eigenvalue weighted by atomic mass is 9.96. The Bertz CT molecular complexity index is 274. The Kier molecular flexibility index (Phi) is 4.07. The Balaban J connectivity index is 2.69. The van der Waals surface area contributed by atoms with E-state index < -0.39 is 23.8 Å². The van der Waals surface area contributed by atoms with Crippen LogP contribution in [0.15, 0.2) is 12.7 Å². The standard InChI is InChI=1S/C11H18O5/c1-5-7(9(12)10(13)14-4)8-6-15-11(2,3)16-8/h5,7-9,12H,1,6H2,2-4H3/t7-,8+,9-/m0/s1. The van der Waals surface area contributed by atoms with Crippen molar-refractivity contribution >= 4 is 5.97 Å². The van der Waals surface area contributed by atoms with Crippen LogP contribution in [0.2, 0.25) is 0 Å². The molecule has 92 valence electrons. The largest absolute Gasteiger partial charge is 0.467 e. The quantitative estimate of drug-likeness (QED) is 0.562. The molecule has 0 bridgehead atoms. The van der Waals surface area contributed by atoms with Crippen LogP contribution in [0.4, 0.5) is 0 Å². The number of hydrogen-bond acceptors (Lipinski definition) is 5. The Hall–Kier alpha value is -0.910. The maximum atomic E-state index is 11.2. The van der Waals surface area contributed by atoms with E-state index in [4.69, 9.17) is 9.47 Å². The monoisotopic (exact) mass is 230 g/mol. The maximum absolute atomic E-state index is 11.2. The average molecular weight is 230 g/mol. The van der Waals surface area contributed by atoms with Gasteiger partial charge in [-0.05, 0) is 13.8 Å². The highest BCUT2D eigenvalue weighted by atomic mass is 16.7. The molecule has 0 aromatic heterocycles. The third-order valence-corrected chi connectivity index (χ3v) is 2.54. The number of rotatable bonds is 4. The summed E-state index contributed by atoms with van der Waals surface area (Å²) in [4.78, 5) is 11.2. The van der Waals surface area contributed by atoms with E-state index in [1.54, 1.807) is 13.8 Å². The van der Waals surface area contributed by atoms with Gasteiger partial charge in [0.05, 0.1) is 19.8 Å². The summed E-state index contributed by atoms with van der Waals surface area (Å²) in [7, 11) is 1.22. The third-order valence-electron chi connectivity index (χ3n) is 2.54. The lowest BCUT2D eigenvalue weighted by molar-refractivity contribution is -0.162. The molecule has 1 heterocycles. The lowest BCUT2D eigenvalue weighted by Gasteiger charge is -2.24. The van der Waals surface area contributed by atoms with Gasteiger partial charge in [-0.1, -0.05) is 6.08 Å². The second-order valence-corrected chi connectivity index (χ2v) is 4.15. The van der Waals surface area contributed by atoms with Crippen LogP contribution in [0.3, 0.4) is 0 Å². The first kappa shape index (κ1) is 13.2. The zero-order valence-electron chi connectivity index (χ0n) is 9.80. The SMILES string of the molecule is C=C[C@H]([C@H](O)C(=O)OC)[C@H]1COC(C)(C)O1. The van der Waals surface area contributed by atoms with Crippen molar-refractivity contribution in [2.24, 2.45) is 5.92 Å². The Morgan fingerprint density at radius 1 is 1.69 bits per heavy atom. The van der Waals surface area contributed by atoms with Gasteiger partial charge < -0.3 is 19.3 Å². The zero-order valence-corrected chi connectivity index (χ0v) is 9.80. The first-order chi connectivity index (χ1) is 7.41. The highest BCUT2D eigenvalue weighted by Gasteiger charge is 2.41. The normalized spacial score (nSPS) is 27.1. The van der Waals surface area contributed by atoms with Gasteiger partial charge in [0.1, 0.15) is 0 Å². The molecule has 0 radical (unpaired) electrons. The average Bonchev–Trinajstić information content (AvgIpc) is 2.58. The predicted molar refractivity (Wildman–Crippen MR) is 56.6 cm³/mol. The summed E-state index contributed by atoms with van der Waals surface area (Å²) < 4.78 is 15.4. The summed E-state index contributed by atoms with van der Waals surface area (Å²) in [6.07, 6.45) is -0.177. The molecule has 1 saturated heterocycles. The molecule has 1 fully saturated rings. The molecule has 5 nitrogen and oxygen atoms in total. The van der Waals surface area contributed by atoms with Crippen molar-refractivity contribution in [3.8, 4) is 0 Å². The highest BCUT2D eigenvalue weighted by Crippen LogP contribution is 2.29. The van der Waals surface area contributed by atoms with Gasteiger partial charge in [-0.3, -0.25) is 0 Å². The minimum absolute atomic E-state index is 0.317. The van der Waals surface area contributed by atoms with E-state index in [9.17, 15) is 9.90 Å². The van der Waals surface area contributed by atoms with Gasteiger partial charge >= 0.3 is 5.97 Å². The number of carbonyl (C=O) groups excluding carboxylic acids is 1. The fourth-order valence-electron chi connectivity index (χ4n) is 1.67. The van der Waals surface area contributed by atoms with Gasteiger partial charge in [0.25, 0.3) is 0 Å². The van der Waals surface area contributed by atoms with Gasteiger partial charge in [0.15, 0.2) is 11.9 Å². The summed E-state index contributed by atoms with van der Waals surface area (Å²) in [5.41, 5.74) is 0. The molecule has 0 aromatic rings. The number of methoxy groups -OCH3 is 1. The molecule has 3 atom stereocenters. The van der Waals surface area contributed by atoms with Crippen molar-refractivity contribution < 1.29 is 24.1 Å². The van der Waals surface area contributed by atoms with E-state index in [0.29, 0.717) is 6.61 Å². The minimum atomic E-state index is -1.27. The Morgan fingerprint density at radius 2 is 2.31 bits per heavy atom. The van der Waals surface area contributed by atoms with Crippen LogP contribution in [0.25, 0.3) is 0 Å². The van der Waals surface area contributed by atoms with E-state index in [1.165, 1.54) is 13.2 Å². The molecule has 16 heavy (non-hydrogen) atoms. The summed E-state index contributed by atoms with van der Waals surface area (Å²) >= 11 is 0. The van der Waals surface area contributed by atoms with E-state index in [-0.39, 0.29) is 6.10 Å². The van der Waals surface area contributed by atoms with Crippen LogP contribution in [0, 0.1) is 5.92 Å². The van der Waals surface area contributed by atoms with Crippen LogP contribution in [0.5, 0.6) is 0 Å². The van der Waals surface area contributed by atoms with Gasteiger partial charge in [-0.15, -0.1) is 6.58 Å². The van der Waals surface area contributed by atoms with E-state index in [1.807, 2.05) is 0 Å². The van der Waals surface area contributed by atoms with Crippen LogP contribution < -0.4 is 0 Å². The van der Waals surface area contributed by atoms with Crippen molar-refractivity contribution in [1.29, 1.82) is 0 Å². The molecule has 1 aliphatic rings. The molecule has 5 heteroatoms. The Morgan fingerprint density at radius 3 is 2.69 bits per heavy atom. The molecule has 1 rings (SSSR count). The van der Waals surface area contributed by atoms with E-state index >= 15 is 0 Å². The zero-order chi connectivity index (χ0) is 12.3. The second kappa shape index (κ2) is 4.95. The molecular formula is C11H18O5. The van der Waals surface area contributed by atoms with Crippen LogP contribution in [-0.2, 0) is 19.0 Å². The molecule has 0 unspecified atom stereocenters. The third kappa shape index (κ3) is 2.81. The van der Waals surface area contributed by atoms with E-state index in [2.05, 4.69) is 11.3 Å². The van der Waals surface area contributed by atoms with Gasteiger partial charge in [0, 0.05) is 5.92 Å². The first-order valence-corrected chi connectivity index (χ1v) is 5.11. The molecule has 0 amide bonds. The van der Waals surface area contributed by atoms with Crippen molar-refractivity contribution in [3.63, 3.8) is 0 Å². The summed E-state index contributed by atoms with van der Waals surface area (Å²) in [5.74, 6) is -1.92. The molecule has 1 aliphatic heterocycles. The fourth-order valence-corrected chi connectivity index (χ4v) is 1.67. The number of ether oxygens (including phenoxy) is 3. The van der Waals surface area contributed by atoms with Crippen LogP contribution in [0.1, 0.15) is 13.8 Å². The van der Waals surface area contributed by atoms with Crippen molar-refractivity contribution in [2.75, 3.05) is 13.7 Å². The van der Waals surface area contributed by atoms with Crippen LogP contribution >= 0.6 is 0 Å². The summed E-state index contributed by atoms with van der Waals surface area (Å²) in [6.45, 7) is 7.46. The summed E-state index contributed by atoms with van der Waals surface area (Å²) in [5, 5.41) is 9.73. The van der Waals surface area contributed by atoms with Crippen LogP contribution in [-0.4, -0.2) is 42.8 Å². The maximum Gasteiger partial charge on any atom is 0.335 e. The summed E-state index contributed by atoms with van der Waals surface area (Å²) in [6, 6.07) is 0. The molecule has 1 N–H and O–H groups in total. The van der Waals surface area contributed by atoms with Gasteiger partial charge in [0.2, 0.25) is 0 Å². The van der Waals surface area contributed by atoms with Crippen molar-refractivity contribution in [1.82, 2.24) is 0 Å².